The lowest BCUT2D eigenvalue weighted by Crippen LogP contribution is -2.53. The van der Waals surface area contributed by atoms with E-state index in [1.165, 1.54) is 4.79 Å². The summed E-state index contributed by atoms with van der Waals surface area (Å²) in [5.74, 6) is 0.0899. The summed E-state index contributed by atoms with van der Waals surface area (Å²) in [7, 11) is 3.63. The van der Waals surface area contributed by atoms with Crippen molar-refractivity contribution in [3.63, 3.8) is 0 Å². The Morgan fingerprint density at radius 3 is 2.72 bits per heavy atom. The van der Waals surface area contributed by atoms with Crippen LogP contribution in [0.4, 0.5) is 5.88 Å². The maximum absolute atomic E-state index is 12.0. The van der Waals surface area contributed by atoms with E-state index in [0.29, 0.717) is 11.4 Å². The second-order valence-corrected chi connectivity index (χ2v) is 4.10. The minimum absolute atomic E-state index is 0.213. The van der Waals surface area contributed by atoms with Gasteiger partial charge in [0.2, 0.25) is 5.27 Å². The maximum Gasteiger partial charge on any atom is 0.306 e. The second kappa shape index (κ2) is 4.87. The fourth-order valence-corrected chi connectivity index (χ4v) is 1.49. The molecule has 0 aliphatic rings. The van der Waals surface area contributed by atoms with E-state index < -0.39 is 0 Å². The molecule has 0 atom stereocenters. The van der Waals surface area contributed by atoms with E-state index in [1.807, 2.05) is 39.2 Å². The van der Waals surface area contributed by atoms with Crippen LogP contribution in [-0.2, 0) is 0 Å². The van der Waals surface area contributed by atoms with E-state index in [1.54, 1.807) is 17.3 Å². The van der Waals surface area contributed by atoms with Gasteiger partial charge in [-0.1, -0.05) is 18.2 Å². The first-order chi connectivity index (χ1) is 8.58. The number of anilines is 1. The molecule has 0 bridgehead atoms. The van der Waals surface area contributed by atoms with Crippen LogP contribution in [0.1, 0.15) is 15.9 Å². The molecule has 18 heavy (non-hydrogen) atoms. The summed E-state index contributed by atoms with van der Waals surface area (Å²) >= 11 is 0. The maximum atomic E-state index is 12.0. The zero-order valence-corrected chi connectivity index (χ0v) is 10.5. The Morgan fingerprint density at radius 1 is 1.39 bits per heavy atom. The minimum atomic E-state index is -0.213. The Kier molecular flexibility index (Phi) is 3.27. The number of aromatic nitrogens is 2. The zero-order chi connectivity index (χ0) is 13.1. The van der Waals surface area contributed by atoms with Crippen LogP contribution in [0.5, 0.6) is 0 Å². The fraction of sp³-hybridized carbons (Fsp3) is 0.250. The highest BCUT2D eigenvalue weighted by molar-refractivity contribution is 6.04. The molecule has 1 amide bonds. The highest BCUT2D eigenvalue weighted by Gasteiger charge is 2.17. The molecule has 1 heterocycles. The summed E-state index contributed by atoms with van der Waals surface area (Å²) in [6.45, 7) is 1.88. The van der Waals surface area contributed by atoms with Crippen LogP contribution in [0.15, 0.2) is 35.0 Å². The molecule has 0 saturated heterocycles. The lowest BCUT2D eigenvalue weighted by Gasteiger charge is -2.02. The third-order valence-electron chi connectivity index (χ3n) is 2.49. The zero-order valence-electron chi connectivity index (χ0n) is 10.5. The summed E-state index contributed by atoms with van der Waals surface area (Å²) < 4.78 is 5.00. The van der Waals surface area contributed by atoms with Gasteiger partial charge in [0.1, 0.15) is 0 Å². The molecule has 1 N–H and O–H groups in total. The van der Waals surface area contributed by atoms with Crippen molar-refractivity contribution in [3.05, 3.63) is 41.6 Å². The number of hydrogen-bond donors (Lipinski definition) is 1. The molecule has 0 aliphatic carbocycles. The van der Waals surface area contributed by atoms with Crippen LogP contribution in [0.2, 0.25) is 0 Å². The van der Waals surface area contributed by atoms with Gasteiger partial charge < -0.3 is 0 Å². The van der Waals surface area contributed by atoms with Crippen molar-refractivity contribution in [2.75, 3.05) is 24.4 Å². The molecule has 1 aromatic carbocycles. The average Bonchev–Trinajstić information content (AvgIpc) is 2.78. The van der Waals surface area contributed by atoms with Crippen molar-refractivity contribution >= 4 is 11.8 Å². The molecule has 0 aliphatic heterocycles. The Bertz CT molecular complexity index is 563. The largest absolute Gasteiger partial charge is 0.306 e. The predicted molar refractivity (Wildman–Crippen MR) is 65.9 cm³/mol. The molecular weight excluding hydrogens is 232 g/mol. The standard InChI is InChI=1S/C12H14N4O2/c1-9-6-4-5-7-10(9)12(17)13-11-8-16(14-18-11)15(2)3/h4-8H,1-3H3/p+1. The molecule has 2 aromatic rings. The summed E-state index contributed by atoms with van der Waals surface area (Å²) in [5, 5.41) is 8.11. The van der Waals surface area contributed by atoms with Gasteiger partial charge in [0.05, 0.1) is 18.9 Å². The Balaban J connectivity index is 2.14. The van der Waals surface area contributed by atoms with Gasteiger partial charge in [-0.05, 0) is 18.6 Å². The number of benzene rings is 1. The van der Waals surface area contributed by atoms with E-state index in [0.717, 1.165) is 5.56 Å². The highest BCUT2D eigenvalue weighted by atomic mass is 16.5. The van der Waals surface area contributed by atoms with Gasteiger partial charge in [-0.15, -0.1) is 0 Å². The molecule has 0 unspecified atom stereocenters. The van der Waals surface area contributed by atoms with Crippen LogP contribution in [-0.4, -0.2) is 25.3 Å². The van der Waals surface area contributed by atoms with Gasteiger partial charge in [0, 0.05) is 5.56 Å². The Hall–Kier alpha value is -2.37. The third-order valence-corrected chi connectivity index (χ3v) is 2.49. The molecule has 6 heteroatoms. The molecule has 94 valence electrons. The van der Waals surface area contributed by atoms with Crippen molar-refractivity contribution < 1.29 is 14.1 Å². The minimum Gasteiger partial charge on any atom is -0.285 e. The predicted octanol–water partition coefficient (Wildman–Crippen LogP) is 0.720. The lowest BCUT2D eigenvalue weighted by molar-refractivity contribution is -0.753. The number of aryl methyl sites for hydroxylation is 1. The second-order valence-electron chi connectivity index (χ2n) is 4.10. The van der Waals surface area contributed by atoms with Crippen LogP contribution < -0.4 is 15.1 Å². The van der Waals surface area contributed by atoms with Gasteiger partial charge in [0.25, 0.3) is 12.1 Å². The highest BCUT2D eigenvalue weighted by Crippen LogP contribution is 2.10. The first-order valence-electron chi connectivity index (χ1n) is 5.51. The monoisotopic (exact) mass is 247 g/mol. The summed E-state index contributed by atoms with van der Waals surface area (Å²) in [5.41, 5.74) is 1.53. The van der Waals surface area contributed by atoms with Gasteiger partial charge in [0.15, 0.2) is 0 Å². The number of carbonyl (C=O) groups excluding carboxylic acids is 1. The van der Waals surface area contributed by atoms with E-state index in [4.69, 9.17) is 4.52 Å². The van der Waals surface area contributed by atoms with Gasteiger partial charge in [-0.25, -0.2) is 0 Å². The van der Waals surface area contributed by atoms with Gasteiger partial charge in [-0.2, -0.15) is 5.01 Å². The normalized spacial score (nSPS) is 10.2. The van der Waals surface area contributed by atoms with E-state index in [2.05, 4.69) is 10.6 Å². The number of amides is 1. The van der Waals surface area contributed by atoms with Crippen molar-refractivity contribution in [1.82, 2.24) is 5.27 Å². The van der Waals surface area contributed by atoms with Crippen molar-refractivity contribution in [1.29, 1.82) is 0 Å². The quantitative estimate of drug-likeness (QED) is 0.812. The lowest BCUT2D eigenvalue weighted by atomic mass is 10.1. The Morgan fingerprint density at radius 2 is 2.11 bits per heavy atom. The van der Waals surface area contributed by atoms with Crippen molar-refractivity contribution in [2.24, 2.45) is 0 Å². The number of carbonyl (C=O) groups is 1. The van der Waals surface area contributed by atoms with Gasteiger partial charge in [-0.3, -0.25) is 14.6 Å². The van der Waals surface area contributed by atoms with Crippen molar-refractivity contribution in [2.45, 2.75) is 6.92 Å². The molecule has 1 aromatic heterocycles. The topological polar surface area (TPSA) is 62.3 Å². The molecule has 0 radical (unpaired) electrons. The van der Waals surface area contributed by atoms with E-state index >= 15 is 0 Å². The molecule has 0 fully saturated rings. The molecule has 6 nitrogen and oxygen atoms in total. The molecule has 0 saturated carbocycles. The summed E-state index contributed by atoms with van der Waals surface area (Å²) in [6, 6.07) is 7.36. The molecule has 2 rings (SSSR count). The first kappa shape index (κ1) is 12.1. The molecule has 0 spiro atoms. The Labute approximate surface area is 105 Å². The van der Waals surface area contributed by atoms with E-state index in [9.17, 15) is 4.79 Å². The fourth-order valence-electron chi connectivity index (χ4n) is 1.49. The SMILES string of the molecule is Cc1ccccc1C(=O)Nc1c[n+](N(C)C)no1. The number of hydrogen-bond acceptors (Lipinski definition) is 4. The summed E-state index contributed by atoms with van der Waals surface area (Å²) in [6.07, 6.45) is 1.59. The number of nitrogens with one attached hydrogen (secondary N) is 1. The van der Waals surface area contributed by atoms with Gasteiger partial charge >= 0.3 is 5.88 Å². The van der Waals surface area contributed by atoms with E-state index in [-0.39, 0.29) is 5.91 Å². The molecular formula is C12H15N4O2+. The average molecular weight is 247 g/mol. The van der Waals surface area contributed by atoms with Crippen LogP contribution >= 0.6 is 0 Å². The van der Waals surface area contributed by atoms with Crippen LogP contribution in [0.3, 0.4) is 0 Å². The van der Waals surface area contributed by atoms with Crippen LogP contribution in [0, 0.1) is 6.92 Å². The first-order valence-corrected chi connectivity index (χ1v) is 5.51. The number of rotatable bonds is 3. The smallest absolute Gasteiger partial charge is 0.285 e. The van der Waals surface area contributed by atoms with Crippen LogP contribution in [0.25, 0.3) is 0 Å². The summed E-state index contributed by atoms with van der Waals surface area (Å²) in [4.78, 5) is 13.5. The van der Waals surface area contributed by atoms with Crippen molar-refractivity contribution in [3.8, 4) is 0 Å². The number of nitrogens with zero attached hydrogens (tertiary/aromatic N) is 3. The third kappa shape index (κ3) is 2.48.